The molecule has 0 unspecified atom stereocenters. The van der Waals surface area contributed by atoms with Crippen molar-refractivity contribution < 1.29 is 9.53 Å². The predicted octanol–water partition coefficient (Wildman–Crippen LogP) is 3.55. The zero-order chi connectivity index (χ0) is 14.7. The number of methoxy groups -OCH3 is 1. The van der Waals surface area contributed by atoms with Gasteiger partial charge in [0, 0.05) is 12.1 Å². The van der Waals surface area contributed by atoms with Crippen molar-refractivity contribution in [3.05, 3.63) is 34.7 Å². The molecule has 20 heavy (non-hydrogen) atoms. The highest BCUT2D eigenvalue weighted by molar-refractivity contribution is 8.26. The molecule has 1 aliphatic heterocycles. The Morgan fingerprint density at radius 2 is 2.10 bits per heavy atom. The lowest BCUT2D eigenvalue weighted by molar-refractivity contribution is -0.122. The lowest BCUT2D eigenvalue weighted by Crippen LogP contribution is -2.31. The fraction of sp³-hybridized carbons (Fsp3) is 0.333. The molecule has 1 aliphatic rings. The zero-order valence-electron chi connectivity index (χ0n) is 11.8. The molecule has 1 fully saturated rings. The molecule has 0 aromatic heterocycles. The Hall–Kier alpha value is -1.33. The van der Waals surface area contributed by atoms with E-state index in [1.807, 2.05) is 30.3 Å². The number of carbonyl (C=O) groups excluding carboxylic acids is 1. The SMILES string of the molecule is COc1ccccc1C=C1SC(=S)N(CC(C)C)C1=O. The van der Waals surface area contributed by atoms with Crippen molar-refractivity contribution in [2.45, 2.75) is 13.8 Å². The van der Waals surface area contributed by atoms with Crippen molar-refractivity contribution in [3.8, 4) is 5.75 Å². The second kappa shape index (κ2) is 6.41. The van der Waals surface area contributed by atoms with E-state index < -0.39 is 0 Å². The molecule has 106 valence electrons. The number of carbonyl (C=O) groups is 1. The second-order valence-electron chi connectivity index (χ2n) is 4.93. The molecule has 1 aromatic rings. The Labute approximate surface area is 129 Å². The van der Waals surface area contributed by atoms with E-state index in [1.54, 1.807) is 12.0 Å². The number of hydrogen-bond acceptors (Lipinski definition) is 4. The van der Waals surface area contributed by atoms with Crippen molar-refractivity contribution in [1.82, 2.24) is 4.90 Å². The summed E-state index contributed by atoms with van der Waals surface area (Å²) in [6.07, 6.45) is 1.85. The minimum atomic E-state index is -0.0143. The highest BCUT2D eigenvalue weighted by atomic mass is 32.2. The van der Waals surface area contributed by atoms with E-state index in [2.05, 4.69) is 13.8 Å². The molecule has 2 rings (SSSR count). The van der Waals surface area contributed by atoms with Crippen molar-refractivity contribution in [3.63, 3.8) is 0 Å². The fourth-order valence-electron chi connectivity index (χ4n) is 1.95. The van der Waals surface area contributed by atoms with Gasteiger partial charge in [-0.2, -0.15) is 0 Å². The van der Waals surface area contributed by atoms with E-state index >= 15 is 0 Å². The lowest BCUT2D eigenvalue weighted by Gasteiger charge is -2.16. The summed E-state index contributed by atoms with van der Waals surface area (Å²) in [7, 11) is 1.62. The zero-order valence-corrected chi connectivity index (χ0v) is 13.4. The van der Waals surface area contributed by atoms with Gasteiger partial charge in [-0.15, -0.1) is 0 Å². The summed E-state index contributed by atoms with van der Waals surface area (Å²) in [5.74, 6) is 1.13. The minimum absolute atomic E-state index is 0.0143. The lowest BCUT2D eigenvalue weighted by atomic mass is 10.1. The summed E-state index contributed by atoms with van der Waals surface area (Å²) in [6.45, 7) is 4.80. The van der Waals surface area contributed by atoms with Gasteiger partial charge in [0.05, 0.1) is 12.0 Å². The van der Waals surface area contributed by atoms with Crippen molar-refractivity contribution in [2.75, 3.05) is 13.7 Å². The number of benzene rings is 1. The number of para-hydroxylation sites is 1. The third-order valence-corrected chi connectivity index (χ3v) is 4.22. The predicted molar refractivity (Wildman–Crippen MR) is 87.7 cm³/mol. The second-order valence-corrected chi connectivity index (χ2v) is 6.60. The van der Waals surface area contributed by atoms with Crippen LogP contribution in [-0.4, -0.2) is 28.8 Å². The molecule has 0 saturated carbocycles. The van der Waals surface area contributed by atoms with Crippen LogP contribution in [0.1, 0.15) is 19.4 Å². The smallest absolute Gasteiger partial charge is 0.266 e. The number of ether oxygens (including phenoxy) is 1. The van der Waals surface area contributed by atoms with Gasteiger partial charge in [0.25, 0.3) is 5.91 Å². The van der Waals surface area contributed by atoms with Gasteiger partial charge in [-0.25, -0.2) is 0 Å². The molecule has 1 saturated heterocycles. The maximum absolute atomic E-state index is 12.4. The molecule has 0 bridgehead atoms. The third-order valence-electron chi connectivity index (χ3n) is 2.85. The third kappa shape index (κ3) is 3.22. The number of thiocarbonyl (C=S) groups is 1. The van der Waals surface area contributed by atoms with E-state index in [0.29, 0.717) is 21.7 Å². The van der Waals surface area contributed by atoms with E-state index in [9.17, 15) is 4.79 Å². The first kappa shape index (κ1) is 15.1. The molecule has 0 atom stereocenters. The minimum Gasteiger partial charge on any atom is -0.496 e. The van der Waals surface area contributed by atoms with Gasteiger partial charge < -0.3 is 4.74 Å². The Kier molecular flexibility index (Phi) is 4.83. The summed E-state index contributed by atoms with van der Waals surface area (Å²) < 4.78 is 5.93. The van der Waals surface area contributed by atoms with Crippen LogP contribution in [0.5, 0.6) is 5.75 Å². The molecule has 0 radical (unpaired) electrons. The normalized spacial score (nSPS) is 17.4. The first-order valence-electron chi connectivity index (χ1n) is 6.41. The first-order valence-corrected chi connectivity index (χ1v) is 7.63. The highest BCUT2D eigenvalue weighted by Gasteiger charge is 2.32. The summed E-state index contributed by atoms with van der Waals surface area (Å²) in [5, 5.41) is 0. The summed E-state index contributed by atoms with van der Waals surface area (Å²) in [5.41, 5.74) is 0.889. The van der Waals surface area contributed by atoms with Crippen LogP contribution >= 0.6 is 24.0 Å². The average Bonchev–Trinajstić information content (AvgIpc) is 2.67. The van der Waals surface area contributed by atoms with Gasteiger partial charge in [0.2, 0.25) is 0 Å². The summed E-state index contributed by atoms with van der Waals surface area (Å²) in [6, 6.07) is 7.62. The van der Waals surface area contributed by atoms with E-state index in [0.717, 1.165) is 11.3 Å². The van der Waals surface area contributed by atoms with E-state index in [-0.39, 0.29) is 5.91 Å². The van der Waals surface area contributed by atoms with Gasteiger partial charge in [0.15, 0.2) is 0 Å². The van der Waals surface area contributed by atoms with Gasteiger partial charge in [0.1, 0.15) is 10.1 Å². The Morgan fingerprint density at radius 1 is 1.40 bits per heavy atom. The van der Waals surface area contributed by atoms with Crippen molar-refractivity contribution in [1.29, 1.82) is 0 Å². The molecule has 1 aromatic carbocycles. The number of rotatable bonds is 4. The molecule has 1 amide bonds. The molecule has 0 aliphatic carbocycles. The summed E-state index contributed by atoms with van der Waals surface area (Å²) in [4.78, 5) is 14.7. The molecule has 0 N–H and O–H groups in total. The van der Waals surface area contributed by atoms with Gasteiger partial charge in [-0.1, -0.05) is 56.0 Å². The highest BCUT2D eigenvalue weighted by Crippen LogP contribution is 2.34. The van der Waals surface area contributed by atoms with Crippen LogP contribution in [0.2, 0.25) is 0 Å². The maximum atomic E-state index is 12.4. The molecule has 0 spiro atoms. The van der Waals surface area contributed by atoms with Gasteiger partial charge >= 0.3 is 0 Å². The molecular formula is C15H17NO2S2. The van der Waals surface area contributed by atoms with Crippen LogP contribution in [0.3, 0.4) is 0 Å². The number of thioether (sulfide) groups is 1. The standard InChI is InChI=1S/C15H17NO2S2/c1-10(2)9-16-14(17)13(20-15(16)19)8-11-6-4-5-7-12(11)18-3/h4-8,10H,9H2,1-3H3. The van der Waals surface area contributed by atoms with Gasteiger partial charge in [-0.05, 0) is 18.1 Å². The van der Waals surface area contributed by atoms with E-state index in [1.165, 1.54) is 11.8 Å². The fourth-order valence-corrected chi connectivity index (χ4v) is 3.22. The van der Waals surface area contributed by atoms with Crippen molar-refractivity contribution in [2.24, 2.45) is 5.92 Å². The number of hydrogen-bond donors (Lipinski definition) is 0. The molecular weight excluding hydrogens is 290 g/mol. The Bertz CT molecular complexity index is 567. The molecule has 5 heteroatoms. The monoisotopic (exact) mass is 307 g/mol. The molecule has 1 heterocycles. The Morgan fingerprint density at radius 3 is 2.75 bits per heavy atom. The van der Waals surface area contributed by atoms with Crippen LogP contribution in [-0.2, 0) is 4.79 Å². The summed E-state index contributed by atoms with van der Waals surface area (Å²) >= 11 is 6.64. The molecule has 3 nitrogen and oxygen atoms in total. The number of amides is 1. The van der Waals surface area contributed by atoms with Crippen LogP contribution in [0, 0.1) is 5.92 Å². The van der Waals surface area contributed by atoms with Crippen LogP contribution in [0.25, 0.3) is 6.08 Å². The Balaban J connectivity index is 2.28. The van der Waals surface area contributed by atoms with Crippen molar-refractivity contribution >= 4 is 40.3 Å². The maximum Gasteiger partial charge on any atom is 0.266 e. The largest absolute Gasteiger partial charge is 0.496 e. The first-order chi connectivity index (χ1) is 9.52. The average molecular weight is 307 g/mol. The van der Waals surface area contributed by atoms with Crippen LogP contribution in [0.4, 0.5) is 0 Å². The topological polar surface area (TPSA) is 29.5 Å². The van der Waals surface area contributed by atoms with E-state index in [4.69, 9.17) is 17.0 Å². The van der Waals surface area contributed by atoms with Crippen LogP contribution in [0.15, 0.2) is 29.2 Å². The van der Waals surface area contributed by atoms with Crippen LogP contribution < -0.4 is 4.74 Å². The van der Waals surface area contributed by atoms with Gasteiger partial charge in [-0.3, -0.25) is 9.69 Å². The number of nitrogens with zero attached hydrogens (tertiary/aromatic N) is 1. The quantitative estimate of drug-likeness (QED) is 0.628.